The number of aromatic nitrogens is 3. The van der Waals surface area contributed by atoms with Gasteiger partial charge in [-0.05, 0) is 56.1 Å². The fourth-order valence-electron chi connectivity index (χ4n) is 4.02. The number of hydrogen-bond acceptors (Lipinski definition) is 7. The number of nitrogens with two attached hydrogens (primary N) is 1. The molecule has 8 heteroatoms. The first kappa shape index (κ1) is 22.1. The molecule has 1 fully saturated rings. The molecule has 8 nitrogen and oxygen atoms in total. The number of nitrogens with one attached hydrogen (secondary N) is 1. The number of likely N-dealkylation sites (tertiary alicyclic amines) is 1. The zero-order valence-electron chi connectivity index (χ0n) is 18.7. The van der Waals surface area contributed by atoms with E-state index >= 15 is 0 Å². The predicted molar refractivity (Wildman–Crippen MR) is 128 cm³/mol. The van der Waals surface area contributed by atoms with Crippen LogP contribution in [0.5, 0.6) is 5.75 Å². The molecule has 0 spiro atoms. The second kappa shape index (κ2) is 10.5. The molecule has 3 aromatic rings. The highest BCUT2D eigenvalue weighted by atomic mass is 16.5. The lowest BCUT2D eigenvalue weighted by atomic mass is 10.2. The van der Waals surface area contributed by atoms with Gasteiger partial charge in [0.25, 0.3) is 5.56 Å². The van der Waals surface area contributed by atoms with Crippen LogP contribution in [-0.4, -0.2) is 52.2 Å². The number of nitrogen functional groups attached to an aromatic ring is 1. The maximum atomic E-state index is 13.2. The van der Waals surface area contributed by atoms with Crippen LogP contribution in [0.25, 0.3) is 10.9 Å². The fourth-order valence-corrected chi connectivity index (χ4v) is 4.02. The molecule has 0 amide bonds. The molecule has 3 N–H and O–H groups in total. The molecular weight excluding hydrogens is 404 g/mol. The highest BCUT2D eigenvalue weighted by molar-refractivity contribution is 5.89. The van der Waals surface area contributed by atoms with Crippen LogP contribution in [0.4, 0.5) is 11.8 Å². The standard InChI is InChI=1S/C24H32N6O2/c1-2-3-11-26-22-21-20(27-24(25)28-22)10-14-30(23(21)31)17-18-6-8-19(9-7-18)32-16-15-29-12-4-5-13-29/h6-10,14H,2-5,11-13,15-17H2,1H3,(H3,25,26,27,28). The van der Waals surface area contributed by atoms with Gasteiger partial charge in [-0.1, -0.05) is 25.5 Å². The Morgan fingerprint density at radius 1 is 1.12 bits per heavy atom. The molecule has 0 radical (unpaired) electrons. The summed E-state index contributed by atoms with van der Waals surface area (Å²) in [5, 5.41) is 3.72. The van der Waals surface area contributed by atoms with E-state index in [1.165, 1.54) is 25.9 Å². The molecule has 2 aromatic heterocycles. The Hall–Kier alpha value is -3.13. The zero-order chi connectivity index (χ0) is 22.3. The van der Waals surface area contributed by atoms with Crippen molar-refractivity contribution in [2.75, 3.05) is 43.8 Å². The van der Waals surface area contributed by atoms with Gasteiger partial charge < -0.3 is 20.4 Å². The summed E-state index contributed by atoms with van der Waals surface area (Å²) in [4.78, 5) is 24.1. The third-order valence-corrected chi connectivity index (χ3v) is 5.82. The quantitative estimate of drug-likeness (QED) is 0.471. The highest BCUT2D eigenvalue weighted by Gasteiger charge is 2.13. The van der Waals surface area contributed by atoms with Gasteiger partial charge in [0.05, 0.1) is 12.1 Å². The molecule has 3 heterocycles. The van der Waals surface area contributed by atoms with Crippen molar-refractivity contribution in [2.45, 2.75) is 39.2 Å². The Bertz CT molecular complexity index is 1090. The van der Waals surface area contributed by atoms with Gasteiger partial charge >= 0.3 is 0 Å². The van der Waals surface area contributed by atoms with Crippen molar-refractivity contribution in [3.05, 3.63) is 52.4 Å². The number of anilines is 2. The minimum atomic E-state index is -0.132. The molecule has 1 saturated heterocycles. The van der Waals surface area contributed by atoms with Crippen molar-refractivity contribution >= 4 is 22.7 Å². The molecule has 0 unspecified atom stereocenters. The molecule has 1 aliphatic heterocycles. The summed E-state index contributed by atoms with van der Waals surface area (Å²) in [5.41, 5.74) is 7.29. The van der Waals surface area contributed by atoms with Crippen LogP contribution in [-0.2, 0) is 6.54 Å². The number of benzene rings is 1. The van der Waals surface area contributed by atoms with E-state index in [9.17, 15) is 4.79 Å². The number of hydrogen-bond donors (Lipinski definition) is 2. The van der Waals surface area contributed by atoms with Crippen LogP contribution >= 0.6 is 0 Å². The normalized spacial score (nSPS) is 14.2. The minimum Gasteiger partial charge on any atom is -0.492 e. The van der Waals surface area contributed by atoms with Gasteiger partial charge in [0.1, 0.15) is 23.6 Å². The van der Waals surface area contributed by atoms with Gasteiger partial charge in [-0.25, -0.2) is 4.98 Å². The van der Waals surface area contributed by atoms with Crippen molar-refractivity contribution < 1.29 is 4.74 Å². The second-order valence-corrected chi connectivity index (χ2v) is 8.26. The Morgan fingerprint density at radius 2 is 1.91 bits per heavy atom. The molecule has 1 aromatic carbocycles. The molecule has 32 heavy (non-hydrogen) atoms. The largest absolute Gasteiger partial charge is 0.492 e. The van der Waals surface area contributed by atoms with Gasteiger partial charge in [0, 0.05) is 19.3 Å². The predicted octanol–water partition coefficient (Wildman–Crippen LogP) is 3.11. The molecule has 4 rings (SSSR count). The van der Waals surface area contributed by atoms with Crippen LogP contribution < -0.4 is 21.3 Å². The average molecular weight is 437 g/mol. The van der Waals surface area contributed by atoms with Gasteiger partial charge in [-0.15, -0.1) is 0 Å². The van der Waals surface area contributed by atoms with E-state index in [0.29, 0.717) is 29.9 Å². The molecule has 0 bridgehead atoms. The topological polar surface area (TPSA) is 98.3 Å². The monoisotopic (exact) mass is 436 g/mol. The number of fused-ring (bicyclic) bond motifs is 1. The molecule has 0 aliphatic carbocycles. The van der Waals surface area contributed by atoms with E-state index in [1.807, 2.05) is 30.3 Å². The van der Waals surface area contributed by atoms with E-state index < -0.39 is 0 Å². The summed E-state index contributed by atoms with van der Waals surface area (Å²) in [5.74, 6) is 1.51. The van der Waals surface area contributed by atoms with Crippen molar-refractivity contribution in [3.8, 4) is 5.75 Å². The second-order valence-electron chi connectivity index (χ2n) is 8.26. The lowest BCUT2D eigenvalue weighted by Crippen LogP contribution is -2.25. The summed E-state index contributed by atoms with van der Waals surface area (Å²) < 4.78 is 7.56. The third kappa shape index (κ3) is 5.37. The molecule has 0 saturated carbocycles. The Labute approximate surface area is 188 Å². The van der Waals surface area contributed by atoms with Crippen molar-refractivity contribution in [2.24, 2.45) is 0 Å². The number of pyridine rings is 1. The summed E-state index contributed by atoms with van der Waals surface area (Å²) in [6.45, 7) is 7.32. The van der Waals surface area contributed by atoms with E-state index in [1.54, 1.807) is 10.8 Å². The van der Waals surface area contributed by atoms with Crippen LogP contribution in [0.2, 0.25) is 0 Å². The van der Waals surface area contributed by atoms with E-state index in [0.717, 1.165) is 37.2 Å². The summed E-state index contributed by atoms with van der Waals surface area (Å²) in [6.07, 6.45) is 6.37. The minimum absolute atomic E-state index is 0.132. The van der Waals surface area contributed by atoms with Crippen molar-refractivity contribution in [1.29, 1.82) is 0 Å². The smallest absolute Gasteiger partial charge is 0.264 e. The van der Waals surface area contributed by atoms with E-state index in [-0.39, 0.29) is 11.5 Å². The summed E-state index contributed by atoms with van der Waals surface area (Å²) in [6, 6.07) is 9.75. The van der Waals surface area contributed by atoms with E-state index in [4.69, 9.17) is 10.5 Å². The number of unbranched alkanes of at least 4 members (excludes halogenated alkanes) is 1. The maximum absolute atomic E-state index is 13.2. The third-order valence-electron chi connectivity index (χ3n) is 5.82. The van der Waals surface area contributed by atoms with Gasteiger partial charge in [0.2, 0.25) is 5.95 Å². The maximum Gasteiger partial charge on any atom is 0.264 e. The van der Waals surface area contributed by atoms with Gasteiger partial charge in [-0.3, -0.25) is 9.69 Å². The zero-order valence-corrected chi connectivity index (χ0v) is 18.7. The van der Waals surface area contributed by atoms with E-state index in [2.05, 4.69) is 27.1 Å². The average Bonchev–Trinajstić information content (AvgIpc) is 3.30. The molecule has 1 aliphatic rings. The van der Waals surface area contributed by atoms with Gasteiger partial charge in [-0.2, -0.15) is 4.98 Å². The Kier molecular flexibility index (Phi) is 7.21. The van der Waals surface area contributed by atoms with Crippen LogP contribution in [0.1, 0.15) is 38.2 Å². The first-order valence-electron chi connectivity index (χ1n) is 11.5. The summed E-state index contributed by atoms with van der Waals surface area (Å²) in [7, 11) is 0. The highest BCUT2D eigenvalue weighted by Crippen LogP contribution is 2.19. The van der Waals surface area contributed by atoms with Crippen LogP contribution in [0.3, 0.4) is 0 Å². The number of nitrogens with zero attached hydrogens (tertiary/aromatic N) is 4. The fraction of sp³-hybridized carbons (Fsp3) is 0.458. The lowest BCUT2D eigenvalue weighted by Gasteiger charge is -2.15. The first-order valence-corrected chi connectivity index (χ1v) is 11.5. The molecule has 170 valence electrons. The number of ether oxygens (including phenoxy) is 1. The van der Waals surface area contributed by atoms with Gasteiger partial charge in [0.15, 0.2) is 0 Å². The van der Waals surface area contributed by atoms with Crippen LogP contribution in [0, 0.1) is 0 Å². The number of rotatable bonds is 10. The SMILES string of the molecule is CCCCNc1nc(N)nc2ccn(Cc3ccc(OCCN4CCCC4)cc3)c(=O)c12. The lowest BCUT2D eigenvalue weighted by molar-refractivity contribution is 0.238. The molecular formula is C24H32N6O2. The Balaban J connectivity index is 1.46. The van der Waals surface area contributed by atoms with Crippen molar-refractivity contribution in [3.63, 3.8) is 0 Å². The first-order chi connectivity index (χ1) is 15.6. The molecule has 0 atom stereocenters. The van der Waals surface area contributed by atoms with Crippen LogP contribution in [0.15, 0.2) is 41.3 Å². The van der Waals surface area contributed by atoms with Crippen molar-refractivity contribution in [1.82, 2.24) is 19.4 Å². The Morgan fingerprint density at radius 3 is 2.66 bits per heavy atom. The summed E-state index contributed by atoms with van der Waals surface area (Å²) >= 11 is 0.